The number of nitrogens with one attached hydrogen (secondary N) is 1. The third-order valence-electron chi connectivity index (χ3n) is 3.55. The number of hydrogen-bond donors (Lipinski definition) is 1. The zero-order chi connectivity index (χ0) is 13.2. The van der Waals surface area contributed by atoms with Crippen LogP contribution >= 0.6 is 0 Å². The summed E-state index contributed by atoms with van der Waals surface area (Å²) in [4.78, 5) is 0. The summed E-state index contributed by atoms with van der Waals surface area (Å²) in [5.41, 5.74) is 0.666. The first-order valence-electron chi connectivity index (χ1n) is 6.30. The molecule has 2 atom stereocenters. The maximum absolute atomic E-state index is 13.7. The quantitative estimate of drug-likeness (QED) is 0.898. The van der Waals surface area contributed by atoms with E-state index in [2.05, 4.69) is 19.2 Å². The summed E-state index contributed by atoms with van der Waals surface area (Å²) in [7, 11) is 1.46. The summed E-state index contributed by atoms with van der Waals surface area (Å²) in [6, 6.07) is 4.99. The normalized spacial score (nSPS) is 28.1. The molecule has 1 aromatic rings. The van der Waals surface area contributed by atoms with E-state index in [1.807, 2.05) is 6.07 Å². The molecule has 0 spiro atoms. The van der Waals surface area contributed by atoms with Gasteiger partial charge in [-0.3, -0.25) is 0 Å². The van der Waals surface area contributed by atoms with Crippen molar-refractivity contribution in [1.29, 1.82) is 0 Å². The molecule has 1 aromatic carbocycles. The number of halogens is 1. The lowest BCUT2D eigenvalue weighted by atomic mass is 9.98. The van der Waals surface area contributed by atoms with E-state index in [-0.39, 0.29) is 23.3 Å². The van der Waals surface area contributed by atoms with Crippen LogP contribution in [0.1, 0.15) is 31.9 Å². The smallest absolute Gasteiger partial charge is 0.165 e. The molecule has 0 radical (unpaired) electrons. The van der Waals surface area contributed by atoms with Gasteiger partial charge in [0, 0.05) is 13.1 Å². The van der Waals surface area contributed by atoms with Crippen molar-refractivity contribution >= 4 is 0 Å². The average Bonchev–Trinajstić information content (AvgIpc) is 2.39. The van der Waals surface area contributed by atoms with Crippen LogP contribution in [0.5, 0.6) is 5.75 Å². The molecule has 1 saturated heterocycles. The van der Waals surface area contributed by atoms with Gasteiger partial charge in [0.1, 0.15) is 0 Å². The first-order chi connectivity index (χ1) is 8.58. The Morgan fingerprint density at radius 2 is 2.33 bits per heavy atom. The van der Waals surface area contributed by atoms with Crippen molar-refractivity contribution in [3.8, 4) is 5.75 Å². The van der Waals surface area contributed by atoms with Gasteiger partial charge in [-0.15, -0.1) is 0 Å². The highest BCUT2D eigenvalue weighted by Crippen LogP contribution is 2.31. The lowest BCUT2D eigenvalue weighted by molar-refractivity contribution is -0.109. The molecule has 0 saturated carbocycles. The van der Waals surface area contributed by atoms with E-state index in [4.69, 9.17) is 9.47 Å². The highest BCUT2D eigenvalue weighted by atomic mass is 19.1. The first-order valence-corrected chi connectivity index (χ1v) is 6.30. The summed E-state index contributed by atoms with van der Waals surface area (Å²) in [6.45, 7) is 5.71. The van der Waals surface area contributed by atoms with Crippen LogP contribution in [0.2, 0.25) is 0 Å². The van der Waals surface area contributed by atoms with Gasteiger partial charge >= 0.3 is 0 Å². The van der Waals surface area contributed by atoms with Crippen LogP contribution in [0.15, 0.2) is 18.2 Å². The SMILES string of the molecule is CCC1(C)CNCC(c2ccc(OC)c(F)c2)O1. The molecule has 1 aliphatic heterocycles. The minimum atomic E-state index is -0.345. The molecule has 2 rings (SSSR count). The standard InChI is InChI=1S/C14H20FNO2/c1-4-14(2)9-16-8-13(18-14)10-5-6-12(17-3)11(15)7-10/h5-7,13,16H,4,8-9H2,1-3H3. The Kier molecular flexibility index (Phi) is 3.88. The van der Waals surface area contributed by atoms with E-state index in [0.29, 0.717) is 6.54 Å². The second-order valence-corrected chi connectivity index (χ2v) is 4.93. The van der Waals surface area contributed by atoms with E-state index in [1.165, 1.54) is 13.2 Å². The van der Waals surface area contributed by atoms with Gasteiger partial charge < -0.3 is 14.8 Å². The van der Waals surface area contributed by atoms with E-state index >= 15 is 0 Å². The van der Waals surface area contributed by atoms with E-state index in [1.54, 1.807) is 6.07 Å². The van der Waals surface area contributed by atoms with Crippen LogP contribution in [-0.2, 0) is 4.74 Å². The van der Waals surface area contributed by atoms with Crippen LogP contribution < -0.4 is 10.1 Å². The molecule has 18 heavy (non-hydrogen) atoms. The van der Waals surface area contributed by atoms with E-state index in [9.17, 15) is 4.39 Å². The lowest BCUT2D eigenvalue weighted by Gasteiger charge is -2.39. The average molecular weight is 253 g/mol. The van der Waals surface area contributed by atoms with Crippen LogP contribution in [0.25, 0.3) is 0 Å². The van der Waals surface area contributed by atoms with Crippen LogP contribution in [-0.4, -0.2) is 25.8 Å². The molecule has 2 unspecified atom stereocenters. The molecule has 1 N–H and O–H groups in total. The second-order valence-electron chi connectivity index (χ2n) is 4.93. The fourth-order valence-electron chi connectivity index (χ4n) is 2.17. The Morgan fingerprint density at radius 3 is 2.94 bits per heavy atom. The summed E-state index contributed by atoms with van der Waals surface area (Å²) in [6.07, 6.45) is 0.818. The lowest BCUT2D eigenvalue weighted by Crippen LogP contribution is -2.48. The Hall–Kier alpha value is -1.13. The third-order valence-corrected chi connectivity index (χ3v) is 3.55. The number of hydrogen-bond acceptors (Lipinski definition) is 3. The molecule has 0 aromatic heterocycles. The van der Waals surface area contributed by atoms with Crippen molar-refractivity contribution in [2.45, 2.75) is 32.0 Å². The summed E-state index contributed by atoms with van der Waals surface area (Å²) >= 11 is 0. The number of rotatable bonds is 3. The molecule has 100 valence electrons. The number of ether oxygens (including phenoxy) is 2. The second kappa shape index (κ2) is 5.24. The maximum atomic E-state index is 13.7. The zero-order valence-corrected chi connectivity index (χ0v) is 11.1. The molecule has 1 aliphatic rings. The summed E-state index contributed by atoms with van der Waals surface area (Å²) in [5.74, 6) is -0.0804. The van der Waals surface area contributed by atoms with Gasteiger partial charge in [-0.2, -0.15) is 0 Å². The van der Waals surface area contributed by atoms with Crippen molar-refractivity contribution in [3.05, 3.63) is 29.6 Å². The molecular weight excluding hydrogens is 233 g/mol. The van der Waals surface area contributed by atoms with Gasteiger partial charge in [0.05, 0.1) is 18.8 Å². The molecule has 3 nitrogen and oxygen atoms in total. The van der Waals surface area contributed by atoms with Gasteiger partial charge in [0.2, 0.25) is 0 Å². The largest absolute Gasteiger partial charge is 0.494 e. The van der Waals surface area contributed by atoms with Crippen molar-refractivity contribution in [1.82, 2.24) is 5.32 Å². The van der Waals surface area contributed by atoms with Crippen LogP contribution in [0.3, 0.4) is 0 Å². The van der Waals surface area contributed by atoms with Gasteiger partial charge in [-0.25, -0.2) is 4.39 Å². The van der Waals surface area contributed by atoms with Gasteiger partial charge in [0.25, 0.3) is 0 Å². The molecule has 1 fully saturated rings. The number of morpholine rings is 1. The van der Waals surface area contributed by atoms with Crippen molar-refractivity contribution < 1.29 is 13.9 Å². The third kappa shape index (κ3) is 2.65. The van der Waals surface area contributed by atoms with Crippen LogP contribution in [0.4, 0.5) is 4.39 Å². The Morgan fingerprint density at radius 1 is 1.56 bits per heavy atom. The molecule has 4 heteroatoms. The molecule has 0 aliphatic carbocycles. The van der Waals surface area contributed by atoms with Crippen molar-refractivity contribution in [3.63, 3.8) is 0 Å². The summed E-state index contributed by atoms with van der Waals surface area (Å²) < 4.78 is 24.7. The highest BCUT2D eigenvalue weighted by Gasteiger charge is 2.32. The number of benzene rings is 1. The molecular formula is C14H20FNO2. The molecule has 0 bridgehead atoms. The Balaban J connectivity index is 2.18. The molecule has 1 heterocycles. The first kappa shape index (κ1) is 13.3. The fraction of sp³-hybridized carbons (Fsp3) is 0.571. The zero-order valence-electron chi connectivity index (χ0n) is 11.1. The minimum Gasteiger partial charge on any atom is -0.494 e. The monoisotopic (exact) mass is 253 g/mol. The van der Waals surface area contributed by atoms with Gasteiger partial charge in [0.15, 0.2) is 11.6 Å². The maximum Gasteiger partial charge on any atom is 0.165 e. The van der Waals surface area contributed by atoms with Gasteiger partial charge in [-0.1, -0.05) is 13.0 Å². The fourth-order valence-corrected chi connectivity index (χ4v) is 2.17. The highest BCUT2D eigenvalue weighted by molar-refractivity contribution is 5.31. The van der Waals surface area contributed by atoms with E-state index in [0.717, 1.165) is 18.5 Å². The summed E-state index contributed by atoms with van der Waals surface area (Å²) in [5, 5.41) is 3.34. The molecule has 0 amide bonds. The predicted octanol–water partition coefficient (Wildman–Crippen LogP) is 2.66. The topological polar surface area (TPSA) is 30.5 Å². The number of methoxy groups -OCH3 is 1. The predicted molar refractivity (Wildman–Crippen MR) is 68.3 cm³/mol. The van der Waals surface area contributed by atoms with Crippen LogP contribution in [0, 0.1) is 5.82 Å². The van der Waals surface area contributed by atoms with Crippen molar-refractivity contribution in [2.24, 2.45) is 0 Å². The minimum absolute atomic E-state index is 0.107. The van der Waals surface area contributed by atoms with E-state index < -0.39 is 0 Å². The Bertz CT molecular complexity index is 424. The Labute approximate surface area is 107 Å². The van der Waals surface area contributed by atoms with Crippen molar-refractivity contribution in [2.75, 3.05) is 20.2 Å². The van der Waals surface area contributed by atoms with Gasteiger partial charge in [-0.05, 0) is 31.0 Å².